The molecule has 22 heavy (non-hydrogen) atoms. The summed E-state index contributed by atoms with van der Waals surface area (Å²) in [6, 6.07) is 2.11. The minimum atomic E-state index is -1.08. The number of nitrogens with one attached hydrogen (secondary N) is 1. The van der Waals surface area contributed by atoms with E-state index in [1.807, 2.05) is 0 Å². The molecule has 118 valence electrons. The highest BCUT2D eigenvalue weighted by molar-refractivity contribution is 5.96. The van der Waals surface area contributed by atoms with Crippen molar-refractivity contribution in [1.29, 1.82) is 0 Å². The first-order valence-corrected chi connectivity index (χ1v) is 7.27. The average molecular weight is 310 g/mol. The molecule has 1 fully saturated rings. The van der Waals surface area contributed by atoms with Gasteiger partial charge in [-0.3, -0.25) is 9.59 Å². The van der Waals surface area contributed by atoms with Crippen LogP contribution in [0.1, 0.15) is 25.7 Å². The number of hydrogen-bond donors (Lipinski definition) is 1. The Morgan fingerprint density at radius 1 is 1.41 bits per heavy atom. The van der Waals surface area contributed by atoms with E-state index in [4.69, 9.17) is 4.74 Å². The van der Waals surface area contributed by atoms with Gasteiger partial charge in [0.05, 0.1) is 12.2 Å². The molecule has 2 aliphatic heterocycles. The van der Waals surface area contributed by atoms with E-state index in [0.717, 1.165) is 18.9 Å². The molecule has 2 aliphatic rings. The van der Waals surface area contributed by atoms with Crippen LogP contribution in [0, 0.1) is 11.6 Å². The van der Waals surface area contributed by atoms with Crippen LogP contribution in [0.5, 0.6) is 5.75 Å². The summed E-state index contributed by atoms with van der Waals surface area (Å²) in [6.07, 6.45) is 2.12. The number of carbonyl (C=O) groups is 2. The molecular formula is C15H16F2N2O3. The Balaban J connectivity index is 1.77. The molecule has 1 aromatic carbocycles. The lowest BCUT2D eigenvalue weighted by Crippen LogP contribution is -2.45. The molecule has 1 saturated heterocycles. The zero-order valence-electron chi connectivity index (χ0n) is 11.9. The first-order chi connectivity index (χ1) is 10.6. The smallest absolute Gasteiger partial charge is 0.229 e. The maximum absolute atomic E-state index is 13.7. The molecule has 0 aromatic heterocycles. The normalized spacial score (nSPS) is 20.9. The van der Waals surface area contributed by atoms with Crippen LogP contribution in [0.2, 0.25) is 0 Å². The van der Waals surface area contributed by atoms with Gasteiger partial charge >= 0.3 is 0 Å². The number of piperidine rings is 1. The van der Waals surface area contributed by atoms with Crippen molar-refractivity contribution in [2.24, 2.45) is 0 Å². The number of hydrogen-bond acceptors (Lipinski definition) is 3. The number of rotatable bonds is 2. The van der Waals surface area contributed by atoms with Gasteiger partial charge in [0.2, 0.25) is 17.6 Å². The Labute approximate surface area is 126 Å². The highest BCUT2D eigenvalue weighted by Crippen LogP contribution is 2.35. The average Bonchev–Trinajstić information content (AvgIpc) is 2.50. The third kappa shape index (κ3) is 2.75. The third-order valence-electron chi connectivity index (χ3n) is 3.92. The van der Waals surface area contributed by atoms with Crippen molar-refractivity contribution >= 4 is 17.5 Å². The molecule has 5 nitrogen and oxygen atoms in total. The van der Waals surface area contributed by atoms with Gasteiger partial charge < -0.3 is 15.0 Å². The van der Waals surface area contributed by atoms with E-state index >= 15 is 0 Å². The molecular weight excluding hydrogens is 294 g/mol. The van der Waals surface area contributed by atoms with Gasteiger partial charge in [-0.05, 0) is 25.0 Å². The molecule has 3 rings (SSSR count). The molecule has 2 heterocycles. The Hall–Kier alpha value is -2.18. The van der Waals surface area contributed by atoms with Crippen molar-refractivity contribution in [1.82, 2.24) is 5.32 Å². The maximum atomic E-state index is 13.7. The lowest BCUT2D eigenvalue weighted by atomic mass is 10.0. The topological polar surface area (TPSA) is 58.6 Å². The molecule has 1 aromatic rings. The van der Waals surface area contributed by atoms with E-state index in [1.54, 1.807) is 0 Å². The molecule has 0 saturated carbocycles. The second kappa shape index (κ2) is 5.90. The van der Waals surface area contributed by atoms with E-state index in [9.17, 15) is 18.4 Å². The number of amides is 2. The Kier molecular flexibility index (Phi) is 3.96. The predicted octanol–water partition coefficient (Wildman–Crippen LogP) is 1.75. The molecule has 1 atom stereocenters. The SMILES string of the molecule is O=C1CCC[C@H](CC(=O)N2CCOc3c2ccc(F)c3F)N1. The predicted molar refractivity (Wildman–Crippen MR) is 74.6 cm³/mol. The van der Waals surface area contributed by atoms with Gasteiger partial charge in [0, 0.05) is 18.9 Å². The Morgan fingerprint density at radius 2 is 2.23 bits per heavy atom. The fraction of sp³-hybridized carbons (Fsp3) is 0.467. The molecule has 0 radical (unpaired) electrons. The molecule has 0 aliphatic carbocycles. The summed E-state index contributed by atoms with van der Waals surface area (Å²) in [7, 11) is 0. The standard InChI is InChI=1S/C15H16F2N2O3/c16-10-4-5-11-15(14(10)17)22-7-6-19(11)13(21)8-9-2-1-3-12(20)18-9/h4-5,9H,1-3,6-8H2,(H,18,20)/t9-/m1/s1. The lowest BCUT2D eigenvalue weighted by Gasteiger charge is -2.31. The van der Waals surface area contributed by atoms with Crippen molar-refractivity contribution in [3.8, 4) is 5.75 Å². The molecule has 2 amide bonds. The molecule has 7 heteroatoms. The fourth-order valence-corrected chi connectivity index (χ4v) is 2.85. The lowest BCUT2D eigenvalue weighted by molar-refractivity contribution is -0.124. The highest BCUT2D eigenvalue weighted by Gasteiger charge is 2.30. The Bertz CT molecular complexity index is 621. The summed E-state index contributed by atoms with van der Waals surface area (Å²) in [5.74, 6) is -2.61. The van der Waals surface area contributed by atoms with Gasteiger partial charge in [0.1, 0.15) is 6.61 Å². The monoisotopic (exact) mass is 310 g/mol. The van der Waals surface area contributed by atoms with Crippen LogP contribution in [0.4, 0.5) is 14.5 Å². The van der Waals surface area contributed by atoms with Crippen LogP contribution in [-0.4, -0.2) is 31.0 Å². The summed E-state index contributed by atoms with van der Waals surface area (Å²) >= 11 is 0. The van der Waals surface area contributed by atoms with Gasteiger partial charge in [-0.1, -0.05) is 0 Å². The van der Waals surface area contributed by atoms with Crippen molar-refractivity contribution in [2.75, 3.05) is 18.1 Å². The van der Waals surface area contributed by atoms with E-state index in [0.29, 0.717) is 6.42 Å². The van der Waals surface area contributed by atoms with Crippen molar-refractivity contribution in [3.05, 3.63) is 23.8 Å². The zero-order chi connectivity index (χ0) is 15.7. The number of carbonyl (C=O) groups excluding carboxylic acids is 2. The van der Waals surface area contributed by atoms with Crippen LogP contribution >= 0.6 is 0 Å². The van der Waals surface area contributed by atoms with E-state index < -0.39 is 11.6 Å². The molecule has 0 spiro atoms. The zero-order valence-corrected chi connectivity index (χ0v) is 11.9. The number of halogens is 2. The van der Waals surface area contributed by atoms with Crippen molar-refractivity contribution in [3.63, 3.8) is 0 Å². The van der Waals surface area contributed by atoms with Gasteiger partial charge in [0.25, 0.3) is 0 Å². The maximum Gasteiger partial charge on any atom is 0.229 e. The van der Waals surface area contributed by atoms with Crippen molar-refractivity contribution < 1.29 is 23.1 Å². The third-order valence-corrected chi connectivity index (χ3v) is 3.92. The Morgan fingerprint density at radius 3 is 3.00 bits per heavy atom. The number of benzene rings is 1. The van der Waals surface area contributed by atoms with Gasteiger partial charge in [-0.25, -0.2) is 4.39 Å². The minimum Gasteiger partial charge on any atom is -0.486 e. The number of fused-ring (bicyclic) bond motifs is 1. The first-order valence-electron chi connectivity index (χ1n) is 7.27. The quantitative estimate of drug-likeness (QED) is 0.905. The van der Waals surface area contributed by atoms with Gasteiger partial charge in [-0.2, -0.15) is 4.39 Å². The summed E-state index contributed by atoms with van der Waals surface area (Å²) in [5, 5.41) is 2.78. The van der Waals surface area contributed by atoms with Crippen LogP contribution < -0.4 is 15.0 Å². The summed E-state index contributed by atoms with van der Waals surface area (Å²) in [6.45, 7) is 0.383. The van der Waals surface area contributed by atoms with Crippen molar-refractivity contribution in [2.45, 2.75) is 31.7 Å². The second-order valence-electron chi connectivity index (χ2n) is 5.46. The summed E-state index contributed by atoms with van der Waals surface area (Å²) in [5.41, 5.74) is 0.234. The first kappa shape index (κ1) is 14.7. The largest absolute Gasteiger partial charge is 0.486 e. The van der Waals surface area contributed by atoms with Crippen LogP contribution in [0.25, 0.3) is 0 Å². The van der Waals surface area contributed by atoms with Crippen LogP contribution in [0.15, 0.2) is 12.1 Å². The molecule has 0 unspecified atom stereocenters. The molecule has 1 N–H and O–H groups in total. The van der Waals surface area contributed by atoms with Crippen LogP contribution in [-0.2, 0) is 9.59 Å². The van der Waals surface area contributed by atoms with E-state index in [-0.39, 0.29) is 48.9 Å². The second-order valence-corrected chi connectivity index (χ2v) is 5.46. The van der Waals surface area contributed by atoms with Crippen LogP contribution in [0.3, 0.4) is 0 Å². The van der Waals surface area contributed by atoms with E-state index in [2.05, 4.69) is 5.32 Å². The number of anilines is 1. The fourth-order valence-electron chi connectivity index (χ4n) is 2.85. The number of nitrogens with zero attached hydrogens (tertiary/aromatic N) is 1. The van der Waals surface area contributed by atoms with Gasteiger partial charge in [0.15, 0.2) is 11.6 Å². The highest BCUT2D eigenvalue weighted by atomic mass is 19.2. The molecule has 0 bridgehead atoms. The summed E-state index contributed by atoms with van der Waals surface area (Å²) in [4.78, 5) is 25.2. The van der Waals surface area contributed by atoms with E-state index in [1.165, 1.54) is 11.0 Å². The number of ether oxygens (including phenoxy) is 1. The minimum absolute atomic E-state index is 0.0560. The van der Waals surface area contributed by atoms with Gasteiger partial charge in [-0.15, -0.1) is 0 Å². The summed E-state index contributed by atoms with van der Waals surface area (Å²) < 4.78 is 32.1.